The molecular weight excluding hydrogens is 341 g/mol. The predicted molar refractivity (Wildman–Crippen MR) is 82.7 cm³/mol. The van der Waals surface area contributed by atoms with E-state index in [1.807, 2.05) is 0 Å². The molecule has 1 atom stereocenters. The highest BCUT2D eigenvalue weighted by Gasteiger charge is 2.42. The Bertz CT molecular complexity index is 757. The third-order valence-corrected chi connectivity index (χ3v) is 3.39. The Hall–Kier alpha value is -3.04. The quantitative estimate of drug-likeness (QED) is 0.641. The van der Waals surface area contributed by atoms with Crippen molar-refractivity contribution in [2.24, 2.45) is 0 Å². The van der Waals surface area contributed by atoms with Gasteiger partial charge < -0.3 is 15.5 Å². The second-order valence-corrected chi connectivity index (χ2v) is 5.45. The molecule has 0 bridgehead atoms. The van der Waals surface area contributed by atoms with E-state index < -0.39 is 40.0 Å². The molecule has 134 valence electrons. The summed E-state index contributed by atoms with van der Waals surface area (Å²) in [5.74, 6) is 0. The summed E-state index contributed by atoms with van der Waals surface area (Å²) in [6, 6.07) is 2.06. The lowest BCUT2D eigenvalue weighted by molar-refractivity contribution is -0.432. The summed E-state index contributed by atoms with van der Waals surface area (Å²) >= 11 is 0. The molecule has 1 aliphatic heterocycles. The summed E-state index contributed by atoms with van der Waals surface area (Å²) in [4.78, 5) is 24.1. The minimum absolute atomic E-state index is 0.176. The Labute approximate surface area is 141 Å². The number of carbonyl (C=O) groups excluding carboxylic acids is 1. The van der Waals surface area contributed by atoms with Gasteiger partial charge in [0.1, 0.15) is 11.7 Å². The number of nitrogens with one attached hydrogen (secondary N) is 2. The van der Waals surface area contributed by atoms with Crippen molar-refractivity contribution < 1.29 is 22.9 Å². The molecule has 2 rings (SSSR count). The first-order valence-electron chi connectivity index (χ1n) is 7.08. The summed E-state index contributed by atoms with van der Waals surface area (Å²) in [6.07, 6.45) is -2.01. The Morgan fingerprint density at radius 1 is 1.28 bits per heavy atom. The zero-order valence-corrected chi connectivity index (χ0v) is 13.3. The summed E-state index contributed by atoms with van der Waals surface area (Å²) < 4.78 is 39.7. The fraction of sp³-hybridized carbons (Fsp3) is 0.267. The fourth-order valence-electron chi connectivity index (χ4n) is 2.36. The zero-order valence-electron chi connectivity index (χ0n) is 13.3. The molecule has 1 aromatic rings. The lowest BCUT2D eigenvalue weighted by Crippen LogP contribution is -2.45. The van der Waals surface area contributed by atoms with Crippen molar-refractivity contribution in [3.8, 4) is 0 Å². The number of halogens is 3. The van der Waals surface area contributed by atoms with Crippen LogP contribution in [0.25, 0.3) is 0 Å². The second kappa shape index (κ2) is 6.83. The number of hydrogen-bond donors (Lipinski definition) is 2. The lowest BCUT2D eigenvalue weighted by Gasteiger charge is -2.26. The van der Waals surface area contributed by atoms with Crippen molar-refractivity contribution in [2.45, 2.75) is 12.2 Å². The molecular formula is C15H15F3N4O3. The van der Waals surface area contributed by atoms with Gasteiger partial charge in [-0.15, -0.1) is 0 Å². The van der Waals surface area contributed by atoms with Gasteiger partial charge in [-0.25, -0.2) is 4.79 Å². The third kappa shape index (κ3) is 4.08. The molecule has 0 radical (unpaired) electrons. The van der Waals surface area contributed by atoms with Gasteiger partial charge in [0.05, 0.1) is 10.5 Å². The number of nitro groups is 1. The molecule has 1 aromatic carbocycles. The van der Waals surface area contributed by atoms with Gasteiger partial charge in [-0.05, 0) is 17.7 Å². The normalized spacial score (nSPS) is 18.1. The van der Waals surface area contributed by atoms with Crippen LogP contribution < -0.4 is 10.6 Å². The molecule has 0 spiro atoms. The first kappa shape index (κ1) is 18.3. The molecule has 10 heteroatoms. The average Bonchev–Trinajstić information content (AvgIpc) is 2.51. The van der Waals surface area contributed by atoms with Gasteiger partial charge in [0, 0.05) is 20.3 Å². The fourth-order valence-corrected chi connectivity index (χ4v) is 2.36. The number of allylic oxidation sites excluding steroid dienone is 1. The summed E-state index contributed by atoms with van der Waals surface area (Å²) in [5.41, 5.74) is -2.19. The van der Waals surface area contributed by atoms with Gasteiger partial charge in [-0.3, -0.25) is 10.1 Å². The molecule has 0 unspecified atom stereocenters. The van der Waals surface area contributed by atoms with Crippen molar-refractivity contribution in [3.05, 3.63) is 69.2 Å². The summed E-state index contributed by atoms with van der Waals surface area (Å²) in [5, 5.41) is 15.9. The van der Waals surface area contributed by atoms with E-state index in [1.165, 1.54) is 24.4 Å². The molecule has 0 saturated heterocycles. The van der Waals surface area contributed by atoms with E-state index >= 15 is 0 Å². The monoisotopic (exact) mass is 356 g/mol. The van der Waals surface area contributed by atoms with Crippen LogP contribution in [-0.2, 0) is 6.18 Å². The lowest BCUT2D eigenvalue weighted by atomic mass is 9.95. The largest absolute Gasteiger partial charge is 0.416 e. The number of amides is 2. The van der Waals surface area contributed by atoms with E-state index in [1.54, 1.807) is 19.0 Å². The molecule has 0 saturated carbocycles. The molecule has 0 aliphatic carbocycles. The number of urea groups is 1. The smallest absolute Gasteiger partial charge is 0.383 e. The molecule has 2 amide bonds. The van der Waals surface area contributed by atoms with Crippen LogP contribution in [-0.4, -0.2) is 29.9 Å². The van der Waals surface area contributed by atoms with Crippen LogP contribution in [0.3, 0.4) is 0 Å². The Kier molecular flexibility index (Phi) is 5.00. The number of benzene rings is 1. The molecule has 7 nitrogen and oxygen atoms in total. The first-order valence-corrected chi connectivity index (χ1v) is 7.08. The topological polar surface area (TPSA) is 87.5 Å². The molecule has 2 N–H and O–H groups in total. The van der Waals surface area contributed by atoms with E-state index in [2.05, 4.69) is 10.6 Å². The molecule has 25 heavy (non-hydrogen) atoms. The van der Waals surface area contributed by atoms with E-state index in [-0.39, 0.29) is 5.70 Å². The highest BCUT2D eigenvalue weighted by molar-refractivity contribution is 5.79. The second-order valence-electron chi connectivity index (χ2n) is 5.45. The van der Waals surface area contributed by atoms with Gasteiger partial charge >= 0.3 is 12.2 Å². The van der Waals surface area contributed by atoms with Crippen LogP contribution in [0, 0.1) is 10.1 Å². The van der Waals surface area contributed by atoms with Gasteiger partial charge in [-0.1, -0.05) is 18.2 Å². The zero-order chi connectivity index (χ0) is 18.8. The molecule has 0 aromatic heterocycles. The maximum Gasteiger partial charge on any atom is 0.416 e. The van der Waals surface area contributed by atoms with Crippen molar-refractivity contribution >= 4 is 6.03 Å². The molecule has 0 fully saturated rings. The summed E-state index contributed by atoms with van der Waals surface area (Å²) in [7, 11) is 3.31. The van der Waals surface area contributed by atoms with E-state index in [0.29, 0.717) is 0 Å². The van der Waals surface area contributed by atoms with Crippen molar-refractivity contribution in [3.63, 3.8) is 0 Å². The standard InChI is InChI=1S/C15H15F3N4O3/c1-21(2)8-7-11-13(22(24)25)12(20-14(23)19-11)9-5-3-4-6-10(9)15(16,17)18/h3-8,12H,1-2H3,(H2,19,20,23)/b8-7+/t12-/m0/s1. The Morgan fingerprint density at radius 2 is 1.92 bits per heavy atom. The highest BCUT2D eigenvalue weighted by atomic mass is 19.4. The SMILES string of the molecule is CN(C)/C=C/C1=C([N+](=O)[O-])[C@H](c2ccccc2C(F)(F)F)NC(=O)N1. The third-order valence-electron chi connectivity index (χ3n) is 3.39. The van der Waals surface area contributed by atoms with Gasteiger partial charge in [0.15, 0.2) is 0 Å². The van der Waals surface area contributed by atoms with E-state index in [4.69, 9.17) is 0 Å². The van der Waals surface area contributed by atoms with Crippen LogP contribution in [0.2, 0.25) is 0 Å². The summed E-state index contributed by atoms with van der Waals surface area (Å²) in [6.45, 7) is 0. The van der Waals surface area contributed by atoms with Crippen molar-refractivity contribution in [2.75, 3.05) is 14.1 Å². The minimum atomic E-state index is -4.71. The maximum atomic E-state index is 13.2. The number of rotatable bonds is 4. The molecule has 1 aliphatic rings. The Morgan fingerprint density at radius 3 is 2.48 bits per heavy atom. The van der Waals surface area contributed by atoms with Crippen molar-refractivity contribution in [1.29, 1.82) is 0 Å². The molecule has 1 heterocycles. The van der Waals surface area contributed by atoms with Crippen LogP contribution in [0.15, 0.2) is 47.9 Å². The van der Waals surface area contributed by atoms with E-state index in [0.717, 1.165) is 12.1 Å². The number of hydrogen-bond acceptors (Lipinski definition) is 4. The van der Waals surface area contributed by atoms with Crippen LogP contribution in [0.1, 0.15) is 17.2 Å². The van der Waals surface area contributed by atoms with Gasteiger partial charge in [-0.2, -0.15) is 13.2 Å². The van der Waals surface area contributed by atoms with Crippen LogP contribution >= 0.6 is 0 Å². The Balaban J connectivity index is 2.65. The maximum absolute atomic E-state index is 13.2. The van der Waals surface area contributed by atoms with Gasteiger partial charge in [0.25, 0.3) is 5.70 Å². The van der Waals surface area contributed by atoms with Gasteiger partial charge in [0.2, 0.25) is 0 Å². The number of alkyl halides is 3. The highest BCUT2D eigenvalue weighted by Crippen LogP contribution is 2.38. The predicted octanol–water partition coefficient (Wildman–Crippen LogP) is 2.62. The first-order chi connectivity index (χ1) is 11.6. The van der Waals surface area contributed by atoms with E-state index in [9.17, 15) is 28.1 Å². The number of nitrogens with zero attached hydrogens (tertiary/aromatic N) is 2. The minimum Gasteiger partial charge on any atom is -0.383 e. The van der Waals surface area contributed by atoms with Crippen molar-refractivity contribution in [1.82, 2.24) is 15.5 Å². The average molecular weight is 356 g/mol. The number of carbonyl (C=O) groups is 1. The van der Waals surface area contributed by atoms with Crippen LogP contribution in [0.4, 0.5) is 18.0 Å². The van der Waals surface area contributed by atoms with Crippen LogP contribution in [0.5, 0.6) is 0 Å².